The maximum atomic E-state index is 11.7. The SMILES string of the molecule is CCCCC(CNC(=O)OC(C)(C)C)NC(CC)CC. The van der Waals surface area contributed by atoms with Gasteiger partial charge in [0.05, 0.1) is 0 Å². The molecule has 1 atom stereocenters. The fraction of sp³-hybridized carbons (Fsp3) is 0.938. The Bertz CT molecular complexity index is 258. The maximum Gasteiger partial charge on any atom is 0.407 e. The van der Waals surface area contributed by atoms with Crippen LogP contribution in [0.5, 0.6) is 0 Å². The summed E-state index contributed by atoms with van der Waals surface area (Å²) in [6, 6.07) is 0.852. The largest absolute Gasteiger partial charge is 0.444 e. The highest BCUT2D eigenvalue weighted by molar-refractivity contribution is 5.67. The van der Waals surface area contributed by atoms with Crippen LogP contribution < -0.4 is 10.6 Å². The van der Waals surface area contributed by atoms with Gasteiger partial charge in [0.25, 0.3) is 0 Å². The van der Waals surface area contributed by atoms with Crippen LogP contribution in [0.4, 0.5) is 4.79 Å². The van der Waals surface area contributed by atoms with Crippen molar-refractivity contribution in [3.63, 3.8) is 0 Å². The number of nitrogens with one attached hydrogen (secondary N) is 2. The van der Waals surface area contributed by atoms with Crippen LogP contribution in [0.25, 0.3) is 0 Å². The first-order chi connectivity index (χ1) is 9.32. The van der Waals surface area contributed by atoms with Crippen LogP contribution in [-0.4, -0.2) is 30.3 Å². The van der Waals surface area contributed by atoms with E-state index in [4.69, 9.17) is 4.74 Å². The Morgan fingerprint density at radius 1 is 1.10 bits per heavy atom. The normalized spacial score (nSPS) is 13.3. The summed E-state index contributed by atoms with van der Waals surface area (Å²) in [5.74, 6) is 0. The van der Waals surface area contributed by atoms with Crippen LogP contribution >= 0.6 is 0 Å². The minimum absolute atomic E-state index is 0.326. The van der Waals surface area contributed by atoms with Gasteiger partial charge in [-0.15, -0.1) is 0 Å². The number of carbonyl (C=O) groups is 1. The zero-order valence-corrected chi connectivity index (χ0v) is 14.2. The van der Waals surface area contributed by atoms with Crippen molar-refractivity contribution in [3.8, 4) is 0 Å². The number of ether oxygens (including phenoxy) is 1. The molecule has 4 heteroatoms. The third-order valence-corrected chi connectivity index (χ3v) is 3.25. The number of carbonyl (C=O) groups excluding carboxylic acids is 1. The first-order valence-electron chi connectivity index (χ1n) is 8.05. The van der Waals surface area contributed by atoms with Crippen molar-refractivity contribution < 1.29 is 9.53 Å². The third kappa shape index (κ3) is 10.1. The van der Waals surface area contributed by atoms with Crippen molar-refractivity contribution in [1.29, 1.82) is 0 Å². The van der Waals surface area contributed by atoms with Crippen LogP contribution in [0.3, 0.4) is 0 Å². The molecule has 4 nitrogen and oxygen atoms in total. The molecule has 0 saturated heterocycles. The molecule has 0 aromatic heterocycles. The first kappa shape index (κ1) is 19.2. The Kier molecular flexibility index (Phi) is 9.64. The number of alkyl carbamates (subject to hydrolysis) is 1. The van der Waals surface area contributed by atoms with Crippen LogP contribution in [0.1, 0.15) is 73.6 Å². The first-order valence-corrected chi connectivity index (χ1v) is 8.05. The lowest BCUT2D eigenvalue weighted by Gasteiger charge is -2.26. The second kappa shape index (κ2) is 10.0. The number of rotatable bonds is 9. The molecule has 0 aliphatic heterocycles. The molecule has 0 radical (unpaired) electrons. The molecule has 0 fully saturated rings. The topological polar surface area (TPSA) is 50.4 Å². The highest BCUT2D eigenvalue weighted by Crippen LogP contribution is 2.08. The molecular weight excluding hydrogens is 252 g/mol. The predicted octanol–water partition coefficient (Wildman–Crippen LogP) is 3.85. The van der Waals surface area contributed by atoms with Gasteiger partial charge >= 0.3 is 6.09 Å². The monoisotopic (exact) mass is 286 g/mol. The highest BCUT2D eigenvalue weighted by atomic mass is 16.6. The van der Waals surface area contributed by atoms with Gasteiger partial charge in [0.15, 0.2) is 0 Å². The van der Waals surface area contributed by atoms with E-state index in [2.05, 4.69) is 31.4 Å². The fourth-order valence-electron chi connectivity index (χ4n) is 2.07. The van der Waals surface area contributed by atoms with Gasteiger partial charge in [-0.25, -0.2) is 4.79 Å². The lowest BCUT2D eigenvalue weighted by Crippen LogP contribution is -2.46. The average Bonchev–Trinajstić information content (AvgIpc) is 2.36. The van der Waals surface area contributed by atoms with Crippen molar-refractivity contribution in [1.82, 2.24) is 10.6 Å². The molecule has 1 unspecified atom stereocenters. The van der Waals surface area contributed by atoms with E-state index in [0.717, 1.165) is 19.3 Å². The van der Waals surface area contributed by atoms with Gasteiger partial charge in [-0.1, -0.05) is 33.6 Å². The molecule has 0 aromatic carbocycles. The Hall–Kier alpha value is -0.770. The van der Waals surface area contributed by atoms with Gasteiger partial charge in [0.2, 0.25) is 0 Å². The highest BCUT2D eigenvalue weighted by Gasteiger charge is 2.18. The summed E-state index contributed by atoms with van der Waals surface area (Å²) in [5, 5.41) is 6.51. The summed E-state index contributed by atoms with van der Waals surface area (Å²) in [6.07, 6.45) is 5.34. The summed E-state index contributed by atoms with van der Waals surface area (Å²) >= 11 is 0. The molecule has 120 valence electrons. The van der Waals surface area contributed by atoms with Gasteiger partial charge in [-0.05, 0) is 40.0 Å². The van der Waals surface area contributed by atoms with E-state index >= 15 is 0 Å². The third-order valence-electron chi connectivity index (χ3n) is 3.25. The van der Waals surface area contributed by atoms with Crippen molar-refractivity contribution in [2.75, 3.05) is 6.54 Å². The van der Waals surface area contributed by atoms with Crippen molar-refractivity contribution in [2.24, 2.45) is 0 Å². The van der Waals surface area contributed by atoms with E-state index in [1.165, 1.54) is 12.8 Å². The zero-order chi connectivity index (χ0) is 15.6. The lowest BCUT2D eigenvalue weighted by molar-refractivity contribution is 0.0520. The summed E-state index contributed by atoms with van der Waals surface area (Å²) in [4.78, 5) is 11.7. The smallest absolute Gasteiger partial charge is 0.407 e. The van der Waals surface area contributed by atoms with Crippen LogP contribution in [0.2, 0.25) is 0 Å². The second-order valence-corrected chi connectivity index (χ2v) is 6.40. The predicted molar refractivity (Wildman–Crippen MR) is 85.1 cm³/mol. The molecule has 0 rings (SSSR count). The van der Waals surface area contributed by atoms with Crippen LogP contribution in [0.15, 0.2) is 0 Å². The Balaban J connectivity index is 4.24. The van der Waals surface area contributed by atoms with E-state index in [9.17, 15) is 4.79 Å². The van der Waals surface area contributed by atoms with Crippen LogP contribution in [-0.2, 0) is 4.74 Å². The summed E-state index contributed by atoms with van der Waals surface area (Å²) in [6.45, 7) is 12.8. The lowest BCUT2D eigenvalue weighted by atomic mass is 10.1. The minimum atomic E-state index is -0.439. The van der Waals surface area contributed by atoms with Crippen molar-refractivity contribution >= 4 is 6.09 Å². The van der Waals surface area contributed by atoms with E-state index in [1.807, 2.05) is 20.8 Å². The molecule has 0 heterocycles. The summed E-state index contributed by atoms with van der Waals surface area (Å²) in [5.41, 5.74) is -0.439. The Morgan fingerprint density at radius 3 is 2.15 bits per heavy atom. The van der Waals surface area contributed by atoms with E-state index in [1.54, 1.807) is 0 Å². The van der Waals surface area contributed by atoms with E-state index in [0.29, 0.717) is 18.6 Å². The Labute approximate surface area is 125 Å². The van der Waals surface area contributed by atoms with Gasteiger partial charge in [0.1, 0.15) is 5.60 Å². The molecule has 0 bridgehead atoms. The second-order valence-electron chi connectivity index (χ2n) is 6.40. The summed E-state index contributed by atoms with van der Waals surface area (Å²) in [7, 11) is 0. The fourth-order valence-corrected chi connectivity index (χ4v) is 2.07. The quantitative estimate of drug-likeness (QED) is 0.677. The van der Waals surface area contributed by atoms with Gasteiger partial charge in [-0.3, -0.25) is 0 Å². The van der Waals surface area contributed by atoms with Crippen molar-refractivity contribution in [3.05, 3.63) is 0 Å². The molecular formula is C16H34N2O2. The molecule has 2 N–H and O–H groups in total. The van der Waals surface area contributed by atoms with Gasteiger partial charge in [0, 0.05) is 18.6 Å². The zero-order valence-electron chi connectivity index (χ0n) is 14.2. The molecule has 0 aliphatic rings. The summed E-state index contributed by atoms with van der Waals surface area (Å²) < 4.78 is 5.27. The van der Waals surface area contributed by atoms with Gasteiger partial charge < -0.3 is 15.4 Å². The molecule has 20 heavy (non-hydrogen) atoms. The molecule has 1 amide bonds. The van der Waals surface area contributed by atoms with Gasteiger partial charge in [-0.2, -0.15) is 0 Å². The molecule has 0 aliphatic carbocycles. The maximum absolute atomic E-state index is 11.7. The number of hydrogen-bond donors (Lipinski definition) is 2. The molecule has 0 spiro atoms. The number of unbranched alkanes of at least 4 members (excludes halogenated alkanes) is 1. The van der Waals surface area contributed by atoms with E-state index in [-0.39, 0.29) is 6.09 Å². The van der Waals surface area contributed by atoms with Crippen LogP contribution in [0, 0.1) is 0 Å². The molecule has 0 aromatic rings. The van der Waals surface area contributed by atoms with E-state index < -0.39 is 5.60 Å². The van der Waals surface area contributed by atoms with Crippen molar-refractivity contribution in [2.45, 2.75) is 91.3 Å². The average molecular weight is 286 g/mol. The number of hydrogen-bond acceptors (Lipinski definition) is 3. The standard InChI is InChI=1S/C16H34N2O2/c1-7-10-11-14(18-13(8-2)9-3)12-17-15(19)20-16(4,5)6/h13-14,18H,7-12H2,1-6H3,(H,17,19). The Morgan fingerprint density at radius 2 is 1.70 bits per heavy atom. The molecule has 0 saturated carbocycles. The minimum Gasteiger partial charge on any atom is -0.444 e. The number of amides is 1.